The molecule has 2 aliphatic heterocycles. The van der Waals surface area contributed by atoms with Crippen LogP contribution in [-0.4, -0.2) is 27.4 Å². The largest absolute Gasteiger partial charge is 0.478 e. The summed E-state index contributed by atoms with van der Waals surface area (Å²) in [7, 11) is 0. The third-order valence-corrected chi connectivity index (χ3v) is 4.82. The van der Waals surface area contributed by atoms with Crippen molar-refractivity contribution in [3.8, 4) is 11.5 Å². The molecule has 0 saturated carbocycles. The number of aromatic nitrogens is 2. The third-order valence-electron chi connectivity index (χ3n) is 4.82. The number of ether oxygens (including phenoxy) is 2. The van der Waals surface area contributed by atoms with Crippen LogP contribution in [0.15, 0.2) is 66.9 Å². The normalized spacial score (nSPS) is 17.0. The van der Waals surface area contributed by atoms with Crippen molar-refractivity contribution in [2.45, 2.75) is 13.1 Å². The second kappa shape index (κ2) is 6.90. The van der Waals surface area contributed by atoms with Gasteiger partial charge in [-0.15, -0.1) is 0 Å². The summed E-state index contributed by atoms with van der Waals surface area (Å²) >= 11 is 0. The van der Waals surface area contributed by atoms with Crippen LogP contribution >= 0.6 is 0 Å². The minimum absolute atomic E-state index is 0.118. The van der Waals surface area contributed by atoms with E-state index in [0.717, 1.165) is 29.0 Å². The maximum atomic E-state index is 12.8. The van der Waals surface area contributed by atoms with Gasteiger partial charge in [0.05, 0.1) is 11.1 Å². The van der Waals surface area contributed by atoms with Gasteiger partial charge in [0.25, 0.3) is 0 Å². The van der Waals surface area contributed by atoms with E-state index in [1.807, 2.05) is 30.3 Å². The van der Waals surface area contributed by atoms with E-state index in [1.54, 1.807) is 36.9 Å². The van der Waals surface area contributed by atoms with E-state index in [-0.39, 0.29) is 5.78 Å². The van der Waals surface area contributed by atoms with E-state index in [1.165, 1.54) is 0 Å². The molecule has 138 valence electrons. The number of fused-ring (bicyclic) bond motifs is 3. The number of rotatable bonds is 3. The number of nitrogens with zero attached hydrogens (tertiary/aromatic N) is 3. The number of benzene rings is 1. The van der Waals surface area contributed by atoms with Gasteiger partial charge in [-0.05, 0) is 47.5 Å². The van der Waals surface area contributed by atoms with Gasteiger partial charge in [-0.2, -0.15) is 0 Å². The van der Waals surface area contributed by atoms with Crippen LogP contribution in [0, 0.1) is 0 Å². The molecular formula is C22H17N3O3. The molecule has 2 aromatic heterocycles. The molecule has 5 rings (SSSR count). The molecule has 0 unspecified atom stereocenters. The van der Waals surface area contributed by atoms with Crippen molar-refractivity contribution in [2.24, 2.45) is 0 Å². The van der Waals surface area contributed by atoms with Crippen molar-refractivity contribution in [1.82, 2.24) is 14.9 Å². The van der Waals surface area contributed by atoms with Crippen LogP contribution in [-0.2, 0) is 13.1 Å². The van der Waals surface area contributed by atoms with Crippen molar-refractivity contribution < 1.29 is 14.3 Å². The van der Waals surface area contributed by atoms with E-state index < -0.39 is 0 Å². The van der Waals surface area contributed by atoms with Crippen LogP contribution in [0.1, 0.15) is 27.0 Å². The van der Waals surface area contributed by atoms with Gasteiger partial charge in [0.2, 0.25) is 5.78 Å². The zero-order chi connectivity index (χ0) is 18.9. The Morgan fingerprint density at radius 3 is 2.79 bits per heavy atom. The lowest BCUT2D eigenvalue weighted by Crippen LogP contribution is -2.31. The monoisotopic (exact) mass is 371 g/mol. The Morgan fingerprint density at radius 2 is 1.96 bits per heavy atom. The second-order valence-electron chi connectivity index (χ2n) is 6.76. The van der Waals surface area contributed by atoms with E-state index in [4.69, 9.17) is 9.47 Å². The average Bonchev–Trinajstić information content (AvgIpc) is 3.05. The number of pyridine rings is 2. The highest BCUT2D eigenvalue weighted by atomic mass is 16.5. The summed E-state index contributed by atoms with van der Waals surface area (Å²) in [5.74, 6) is 1.55. The molecule has 3 aromatic rings. The Hall–Kier alpha value is -3.51. The molecule has 6 nitrogen and oxygen atoms in total. The van der Waals surface area contributed by atoms with Crippen molar-refractivity contribution in [3.63, 3.8) is 0 Å². The quantitative estimate of drug-likeness (QED) is 0.657. The fraction of sp³-hybridized carbons (Fsp3) is 0.136. The molecule has 0 aliphatic carbocycles. The highest BCUT2D eigenvalue weighted by Crippen LogP contribution is 2.42. The van der Waals surface area contributed by atoms with Gasteiger partial charge in [-0.25, -0.2) is 0 Å². The Labute approximate surface area is 162 Å². The topological polar surface area (TPSA) is 64.5 Å². The minimum Gasteiger partial charge on any atom is -0.478 e. The number of carbonyl (C=O) groups excluding carboxylic acids is 1. The fourth-order valence-electron chi connectivity index (χ4n) is 3.46. The van der Waals surface area contributed by atoms with Crippen molar-refractivity contribution in [3.05, 3.63) is 89.2 Å². The molecule has 6 heteroatoms. The van der Waals surface area contributed by atoms with Gasteiger partial charge < -0.3 is 9.47 Å². The van der Waals surface area contributed by atoms with Crippen LogP contribution < -0.4 is 9.47 Å². The lowest BCUT2D eigenvalue weighted by Gasteiger charge is -2.29. The molecule has 0 bridgehead atoms. The summed E-state index contributed by atoms with van der Waals surface area (Å²) in [5, 5.41) is 0. The summed E-state index contributed by atoms with van der Waals surface area (Å²) in [6.07, 6.45) is 8.67. The molecule has 1 aromatic carbocycles. The molecule has 0 saturated heterocycles. The first-order valence-electron chi connectivity index (χ1n) is 9.02. The van der Waals surface area contributed by atoms with Crippen LogP contribution in [0.2, 0.25) is 0 Å². The summed E-state index contributed by atoms with van der Waals surface area (Å²) < 4.78 is 11.9. The number of carbonyl (C=O) groups is 1. The van der Waals surface area contributed by atoms with E-state index in [0.29, 0.717) is 30.3 Å². The lowest BCUT2D eigenvalue weighted by molar-refractivity contribution is 0.0872. The SMILES string of the molecule is O=C1/C(=C/c2cccnc2)Oc2c1ccc1c2CN(Cc2ccncc2)CO1. The molecule has 2 aliphatic rings. The highest BCUT2D eigenvalue weighted by Gasteiger charge is 2.33. The minimum atomic E-state index is -0.118. The Morgan fingerprint density at radius 1 is 1.07 bits per heavy atom. The van der Waals surface area contributed by atoms with Gasteiger partial charge in [0.15, 0.2) is 5.76 Å². The van der Waals surface area contributed by atoms with Crippen LogP contribution in [0.25, 0.3) is 6.08 Å². The molecule has 0 radical (unpaired) electrons. The Bertz CT molecular complexity index is 1070. The van der Waals surface area contributed by atoms with Crippen LogP contribution in [0.3, 0.4) is 0 Å². The second-order valence-corrected chi connectivity index (χ2v) is 6.76. The molecule has 0 amide bonds. The highest BCUT2D eigenvalue weighted by molar-refractivity contribution is 6.15. The zero-order valence-electron chi connectivity index (χ0n) is 15.0. The first-order chi connectivity index (χ1) is 13.8. The first kappa shape index (κ1) is 16.6. The first-order valence-corrected chi connectivity index (χ1v) is 9.02. The van der Waals surface area contributed by atoms with Crippen LogP contribution in [0.4, 0.5) is 0 Å². The summed E-state index contributed by atoms with van der Waals surface area (Å²) in [4.78, 5) is 23.1. The predicted molar refractivity (Wildman–Crippen MR) is 103 cm³/mol. The number of ketones is 1. The lowest BCUT2D eigenvalue weighted by atomic mass is 10.0. The van der Waals surface area contributed by atoms with Gasteiger partial charge in [0, 0.05) is 37.9 Å². The smallest absolute Gasteiger partial charge is 0.231 e. The van der Waals surface area contributed by atoms with E-state index in [9.17, 15) is 4.79 Å². The zero-order valence-corrected chi connectivity index (χ0v) is 15.0. The Kier molecular flexibility index (Phi) is 4.10. The van der Waals surface area contributed by atoms with Gasteiger partial charge in [0.1, 0.15) is 18.2 Å². The van der Waals surface area contributed by atoms with Gasteiger partial charge >= 0.3 is 0 Å². The maximum Gasteiger partial charge on any atom is 0.231 e. The van der Waals surface area contributed by atoms with E-state index >= 15 is 0 Å². The standard InChI is InChI=1S/C22H17N3O3/c26-21-17-3-4-19-18(13-25(14-27-19)12-15-5-8-23-9-6-15)22(17)28-20(21)10-16-2-1-7-24-11-16/h1-11H,12-14H2/b20-10-. The fourth-order valence-corrected chi connectivity index (χ4v) is 3.46. The number of hydrogen-bond donors (Lipinski definition) is 0. The molecular weight excluding hydrogens is 354 g/mol. The summed E-state index contributed by atoms with van der Waals surface area (Å²) in [6, 6.07) is 11.3. The molecule has 4 heterocycles. The van der Waals surface area contributed by atoms with Crippen molar-refractivity contribution in [1.29, 1.82) is 0 Å². The summed E-state index contributed by atoms with van der Waals surface area (Å²) in [6.45, 7) is 1.87. The van der Waals surface area contributed by atoms with Crippen molar-refractivity contribution in [2.75, 3.05) is 6.73 Å². The summed E-state index contributed by atoms with van der Waals surface area (Å²) in [5.41, 5.74) is 3.45. The predicted octanol–water partition coefficient (Wildman–Crippen LogP) is 3.44. The molecule has 0 spiro atoms. The number of Topliss-reactive ketones (excluding diaryl/α,β-unsaturated/α-hetero) is 1. The number of hydrogen-bond acceptors (Lipinski definition) is 6. The van der Waals surface area contributed by atoms with E-state index in [2.05, 4.69) is 14.9 Å². The third kappa shape index (κ3) is 3.04. The maximum absolute atomic E-state index is 12.8. The van der Waals surface area contributed by atoms with Crippen LogP contribution in [0.5, 0.6) is 11.5 Å². The van der Waals surface area contributed by atoms with Crippen molar-refractivity contribution >= 4 is 11.9 Å². The van der Waals surface area contributed by atoms with Gasteiger partial charge in [-0.3, -0.25) is 19.7 Å². The molecule has 0 fully saturated rings. The average molecular weight is 371 g/mol. The molecule has 0 atom stereocenters. The Balaban J connectivity index is 1.44. The molecule has 28 heavy (non-hydrogen) atoms. The number of allylic oxidation sites excluding steroid dienone is 1. The van der Waals surface area contributed by atoms with Gasteiger partial charge in [-0.1, -0.05) is 6.07 Å². The molecule has 0 N–H and O–H groups in total.